The number of hydrogen-bond donors (Lipinski definition) is 0. The summed E-state index contributed by atoms with van der Waals surface area (Å²) < 4.78 is 26.0. The number of rotatable bonds is 4. The van der Waals surface area contributed by atoms with Crippen molar-refractivity contribution in [3.63, 3.8) is 0 Å². The molecular formula is C21H21N3O3S. The molecule has 0 fully saturated rings. The molecule has 1 atom stereocenters. The minimum Gasteiger partial charge on any atom is -0.311 e. The van der Waals surface area contributed by atoms with E-state index >= 15 is 0 Å². The molecule has 0 aliphatic carbocycles. The van der Waals surface area contributed by atoms with Gasteiger partial charge < -0.3 is 4.90 Å². The number of aryl methyl sites for hydroxylation is 1. The lowest BCUT2D eigenvalue weighted by Crippen LogP contribution is -2.41. The van der Waals surface area contributed by atoms with Gasteiger partial charge in [0.25, 0.3) is 0 Å². The second-order valence-corrected chi connectivity index (χ2v) is 9.38. The van der Waals surface area contributed by atoms with Crippen molar-refractivity contribution in [1.29, 1.82) is 0 Å². The predicted octanol–water partition coefficient (Wildman–Crippen LogP) is 2.83. The van der Waals surface area contributed by atoms with E-state index in [-0.39, 0.29) is 5.75 Å². The molecule has 3 aromatic rings. The van der Waals surface area contributed by atoms with Crippen LogP contribution >= 0.6 is 0 Å². The number of carbonyl (C=O) groups is 1. The van der Waals surface area contributed by atoms with E-state index < -0.39 is 21.0 Å². The number of fused-ring (bicyclic) bond motifs is 2. The summed E-state index contributed by atoms with van der Waals surface area (Å²) in [7, 11) is -3.74. The number of anilines is 1. The van der Waals surface area contributed by atoms with Crippen LogP contribution in [0.2, 0.25) is 0 Å². The van der Waals surface area contributed by atoms with Gasteiger partial charge in [-0.15, -0.1) is 0 Å². The highest BCUT2D eigenvalue weighted by Gasteiger charge is 2.35. The highest BCUT2D eigenvalue weighted by Crippen LogP contribution is 2.29. The molecule has 2 heterocycles. The Kier molecular flexibility index (Phi) is 4.63. The molecule has 6 nitrogen and oxygen atoms in total. The third-order valence-corrected chi connectivity index (χ3v) is 7.18. The van der Waals surface area contributed by atoms with Gasteiger partial charge in [0, 0.05) is 12.2 Å². The van der Waals surface area contributed by atoms with E-state index in [1.165, 1.54) is 6.92 Å². The first kappa shape index (κ1) is 18.6. The molecule has 2 aromatic carbocycles. The number of carbonyl (C=O) groups excluding carboxylic acids is 1. The van der Waals surface area contributed by atoms with E-state index in [1.807, 2.05) is 42.5 Å². The molecule has 1 aliphatic rings. The third kappa shape index (κ3) is 3.26. The average Bonchev–Trinajstić information content (AvgIpc) is 3.11. The molecule has 144 valence electrons. The molecule has 0 radical (unpaired) electrons. The van der Waals surface area contributed by atoms with Gasteiger partial charge in [-0.1, -0.05) is 30.3 Å². The number of sulfone groups is 1. The van der Waals surface area contributed by atoms with Crippen molar-refractivity contribution in [3.8, 4) is 0 Å². The van der Waals surface area contributed by atoms with E-state index in [0.29, 0.717) is 23.4 Å². The van der Waals surface area contributed by atoms with Crippen molar-refractivity contribution >= 4 is 32.5 Å². The Balaban J connectivity index is 1.60. The van der Waals surface area contributed by atoms with Crippen molar-refractivity contribution in [2.45, 2.75) is 31.3 Å². The minimum absolute atomic E-state index is 0.306. The maximum absolute atomic E-state index is 13.0. The van der Waals surface area contributed by atoms with E-state index in [9.17, 15) is 13.2 Å². The smallest absolute Gasteiger partial charge is 0.245 e. The molecule has 0 bridgehead atoms. The summed E-state index contributed by atoms with van der Waals surface area (Å²) in [6, 6.07) is 14.9. The Hall–Kier alpha value is -2.80. The number of hydrogen-bond acceptors (Lipinski definition) is 5. The van der Waals surface area contributed by atoms with Crippen molar-refractivity contribution in [1.82, 2.24) is 9.97 Å². The maximum atomic E-state index is 13.0. The summed E-state index contributed by atoms with van der Waals surface area (Å²) in [4.78, 5) is 23.5. The lowest BCUT2D eigenvalue weighted by atomic mass is 10.2. The lowest BCUT2D eigenvalue weighted by Gasteiger charge is -2.22. The largest absolute Gasteiger partial charge is 0.311 e. The quantitative estimate of drug-likeness (QED) is 0.679. The Morgan fingerprint density at radius 3 is 2.46 bits per heavy atom. The van der Waals surface area contributed by atoms with Gasteiger partial charge >= 0.3 is 0 Å². The fourth-order valence-corrected chi connectivity index (χ4v) is 4.86. The van der Waals surface area contributed by atoms with Crippen LogP contribution < -0.4 is 4.90 Å². The molecule has 0 spiro atoms. The highest BCUT2D eigenvalue weighted by atomic mass is 32.2. The summed E-state index contributed by atoms with van der Waals surface area (Å²) in [6.45, 7) is 3.71. The van der Waals surface area contributed by atoms with Crippen molar-refractivity contribution < 1.29 is 13.2 Å². The van der Waals surface area contributed by atoms with Gasteiger partial charge in [-0.3, -0.25) is 4.79 Å². The topological polar surface area (TPSA) is 80.2 Å². The van der Waals surface area contributed by atoms with E-state index in [1.54, 1.807) is 17.9 Å². The predicted molar refractivity (Wildman–Crippen MR) is 109 cm³/mol. The van der Waals surface area contributed by atoms with Gasteiger partial charge in [-0.25, -0.2) is 18.4 Å². The van der Waals surface area contributed by atoms with E-state index in [2.05, 4.69) is 9.97 Å². The molecule has 4 rings (SSSR count). The van der Waals surface area contributed by atoms with Crippen LogP contribution in [0.1, 0.15) is 23.9 Å². The van der Waals surface area contributed by atoms with Gasteiger partial charge in [-0.05, 0) is 44.0 Å². The maximum Gasteiger partial charge on any atom is 0.245 e. The molecule has 28 heavy (non-hydrogen) atoms. The van der Waals surface area contributed by atoms with Gasteiger partial charge in [0.1, 0.15) is 5.25 Å². The van der Waals surface area contributed by atoms with E-state index in [4.69, 9.17) is 0 Å². The van der Waals surface area contributed by atoms with Crippen LogP contribution in [0.5, 0.6) is 0 Å². The average molecular weight is 395 g/mol. The van der Waals surface area contributed by atoms with Gasteiger partial charge in [-0.2, -0.15) is 0 Å². The van der Waals surface area contributed by atoms with E-state index in [0.717, 1.165) is 23.2 Å². The van der Waals surface area contributed by atoms with Crippen LogP contribution in [0, 0.1) is 6.92 Å². The zero-order valence-electron chi connectivity index (χ0n) is 15.8. The standard InChI is InChI=1S/C21H21N3O3S/c1-14-19(23-18-9-5-4-8-17(18)22-14)13-28(26,27)15(2)21(25)24-12-11-16-7-3-6-10-20(16)24/h3-10,15H,11-13H2,1-2H3/t15-/m1/s1. The molecule has 0 saturated carbocycles. The fourth-order valence-electron chi connectivity index (χ4n) is 3.52. The van der Waals surface area contributed by atoms with Crippen LogP contribution in [-0.2, 0) is 26.8 Å². The summed E-state index contributed by atoms with van der Waals surface area (Å²) in [5.74, 6) is -0.699. The first-order chi connectivity index (χ1) is 13.4. The lowest BCUT2D eigenvalue weighted by molar-refractivity contribution is -0.117. The molecule has 1 aliphatic heterocycles. The summed E-state index contributed by atoms with van der Waals surface area (Å²) >= 11 is 0. The molecule has 0 saturated heterocycles. The molecular weight excluding hydrogens is 374 g/mol. The number of nitrogens with zero attached hydrogens (tertiary/aromatic N) is 3. The van der Waals surface area contributed by atoms with Crippen LogP contribution in [0.4, 0.5) is 5.69 Å². The number of aromatic nitrogens is 2. The third-order valence-electron chi connectivity index (χ3n) is 5.22. The second kappa shape index (κ2) is 6.98. The van der Waals surface area contributed by atoms with Crippen molar-refractivity contribution in [2.75, 3.05) is 11.4 Å². The van der Waals surface area contributed by atoms with Crippen LogP contribution in [-0.4, -0.2) is 36.1 Å². The monoisotopic (exact) mass is 395 g/mol. The van der Waals surface area contributed by atoms with Crippen LogP contribution in [0.3, 0.4) is 0 Å². The molecule has 0 N–H and O–H groups in total. The number of benzene rings is 2. The summed E-state index contributed by atoms with van der Waals surface area (Å²) in [5, 5.41) is -1.15. The van der Waals surface area contributed by atoms with Crippen LogP contribution in [0.15, 0.2) is 48.5 Å². The number of amides is 1. The molecule has 0 unspecified atom stereocenters. The molecule has 7 heteroatoms. The summed E-state index contributed by atoms with van der Waals surface area (Å²) in [5.41, 5.74) is 4.19. The van der Waals surface area contributed by atoms with Gasteiger partial charge in [0.2, 0.25) is 5.91 Å². The molecule has 1 amide bonds. The molecule has 1 aromatic heterocycles. The highest BCUT2D eigenvalue weighted by molar-refractivity contribution is 7.92. The Morgan fingerprint density at radius 1 is 1.07 bits per heavy atom. The van der Waals surface area contributed by atoms with Crippen molar-refractivity contribution in [2.24, 2.45) is 0 Å². The van der Waals surface area contributed by atoms with Gasteiger partial charge in [0.05, 0.1) is 28.2 Å². The Morgan fingerprint density at radius 2 is 1.71 bits per heavy atom. The van der Waals surface area contributed by atoms with Gasteiger partial charge in [0.15, 0.2) is 9.84 Å². The van der Waals surface area contributed by atoms with Crippen LogP contribution in [0.25, 0.3) is 11.0 Å². The SMILES string of the molecule is Cc1nc2ccccc2nc1CS(=O)(=O)[C@H](C)C(=O)N1CCc2ccccc21. The fraction of sp³-hybridized carbons (Fsp3) is 0.286. The first-order valence-electron chi connectivity index (χ1n) is 9.20. The van der Waals surface area contributed by atoms with Crippen molar-refractivity contribution in [3.05, 3.63) is 65.5 Å². The normalized spacial score (nSPS) is 14.9. The Labute approximate surface area is 164 Å². The summed E-state index contributed by atoms with van der Waals surface area (Å²) in [6.07, 6.45) is 0.740. The zero-order chi connectivity index (χ0) is 19.9. The zero-order valence-corrected chi connectivity index (χ0v) is 16.6. The Bertz CT molecular complexity index is 1170. The first-order valence-corrected chi connectivity index (χ1v) is 10.9. The second-order valence-electron chi connectivity index (χ2n) is 7.06. The number of para-hydroxylation sites is 3. The minimum atomic E-state index is -3.74.